The number of rotatable bonds is 7. The first kappa shape index (κ1) is 32.4. The van der Waals surface area contributed by atoms with Gasteiger partial charge in [0.2, 0.25) is 5.91 Å². The van der Waals surface area contributed by atoms with Gasteiger partial charge in [0, 0.05) is 75.4 Å². The molecule has 13 heteroatoms. The standard InChI is InChI=1S/C35H47N9O4/c1-24-20-25(21-27-23-37-40-32(24)27)22-31(33(45)42-18-16-41(17-19-42)28-6-11-36-12-7-28)39-35(47)48-43-13-9-29(10-14-43)44-15-8-26-4-2-3-5-30(26)38-34(44)46/h2-5,20-21,23,28-29,31,36H,6-19,22H2,1H3,(H,37,40)(H,38,46)(H,39,47). The van der Waals surface area contributed by atoms with Crippen LogP contribution in [-0.4, -0.2) is 125 Å². The number of aromatic amines is 1. The molecule has 0 saturated carbocycles. The molecule has 3 aromatic rings. The molecule has 4 N–H and O–H groups in total. The highest BCUT2D eigenvalue weighted by Gasteiger charge is 2.34. The lowest BCUT2D eigenvalue weighted by Crippen LogP contribution is -2.58. The lowest BCUT2D eigenvalue weighted by molar-refractivity contribution is -0.137. The second kappa shape index (κ2) is 14.5. The Hall–Kier alpha value is -4.20. The second-order valence-corrected chi connectivity index (χ2v) is 13.6. The van der Waals surface area contributed by atoms with E-state index in [1.807, 2.05) is 47.1 Å². The van der Waals surface area contributed by atoms with E-state index in [2.05, 4.69) is 37.1 Å². The van der Waals surface area contributed by atoms with Gasteiger partial charge in [-0.25, -0.2) is 9.59 Å². The highest BCUT2D eigenvalue weighted by Crippen LogP contribution is 2.25. The Balaban J connectivity index is 0.967. The Bertz CT molecular complexity index is 1610. The molecule has 48 heavy (non-hydrogen) atoms. The maximum atomic E-state index is 14.0. The number of hydroxylamine groups is 2. The number of H-pyrrole nitrogens is 1. The quantitative estimate of drug-likeness (QED) is 0.305. The summed E-state index contributed by atoms with van der Waals surface area (Å²) in [5, 5.41) is 19.2. The van der Waals surface area contributed by atoms with Crippen LogP contribution in [0.15, 0.2) is 42.6 Å². The molecule has 0 bridgehead atoms. The molecule has 13 nitrogen and oxygen atoms in total. The highest BCUT2D eigenvalue weighted by atomic mass is 16.7. The number of amides is 4. The number of aromatic nitrogens is 2. The van der Waals surface area contributed by atoms with Crippen LogP contribution in [0.2, 0.25) is 0 Å². The fourth-order valence-corrected chi connectivity index (χ4v) is 7.83. The minimum Gasteiger partial charge on any atom is -0.351 e. The number of carbonyl (C=O) groups is 3. The van der Waals surface area contributed by atoms with Crippen LogP contribution in [0.25, 0.3) is 10.9 Å². The molecule has 1 unspecified atom stereocenters. The van der Waals surface area contributed by atoms with Gasteiger partial charge in [-0.1, -0.05) is 24.3 Å². The van der Waals surface area contributed by atoms with Crippen molar-refractivity contribution in [3.05, 3.63) is 59.3 Å². The number of para-hydroxylation sites is 1. The molecular formula is C35H47N9O4. The Kier molecular flexibility index (Phi) is 9.78. The molecule has 4 amide bonds. The molecule has 7 rings (SSSR count). The molecule has 256 valence electrons. The van der Waals surface area contributed by atoms with Gasteiger partial charge in [-0.2, -0.15) is 5.10 Å². The Morgan fingerprint density at radius 2 is 1.75 bits per heavy atom. The number of nitrogens with one attached hydrogen (secondary N) is 4. The minimum atomic E-state index is -0.772. The van der Waals surface area contributed by atoms with E-state index in [4.69, 9.17) is 4.84 Å². The van der Waals surface area contributed by atoms with Crippen LogP contribution in [0.4, 0.5) is 15.3 Å². The summed E-state index contributed by atoms with van der Waals surface area (Å²) in [7, 11) is 0. The number of anilines is 1. The van der Waals surface area contributed by atoms with E-state index in [9.17, 15) is 14.4 Å². The lowest BCUT2D eigenvalue weighted by Gasteiger charge is -2.41. The predicted molar refractivity (Wildman–Crippen MR) is 182 cm³/mol. The number of piperazine rings is 1. The largest absolute Gasteiger partial charge is 0.426 e. The summed E-state index contributed by atoms with van der Waals surface area (Å²) in [6.07, 6.45) is 5.93. The van der Waals surface area contributed by atoms with Gasteiger partial charge >= 0.3 is 12.1 Å². The van der Waals surface area contributed by atoms with Crippen molar-refractivity contribution < 1.29 is 19.2 Å². The fraction of sp³-hybridized carbons (Fsp3) is 0.543. The first-order chi connectivity index (χ1) is 23.4. The SMILES string of the molecule is Cc1cc(CC(NC(=O)ON2CCC(N3CCc4ccccc4NC3=O)CC2)C(=O)N2CCN(C3CCNCC3)CC2)cc2cn[nH]c12. The number of fused-ring (bicyclic) bond motifs is 2. The average molecular weight is 658 g/mol. The van der Waals surface area contributed by atoms with Crippen molar-refractivity contribution in [1.82, 2.24) is 40.6 Å². The van der Waals surface area contributed by atoms with Crippen LogP contribution in [0.3, 0.4) is 0 Å². The van der Waals surface area contributed by atoms with Gasteiger partial charge in [0.1, 0.15) is 6.04 Å². The van der Waals surface area contributed by atoms with Crippen LogP contribution in [0.5, 0.6) is 0 Å². The summed E-state index contributed by atoms with van der Waals surface area (Å²) >= 11 is 0. The summed E-state index contributed by atoms with van der Waals surface area (Å²) < 4.78 is 0. The summed E-state index contributed by atoms with van der Waals surface area (Å²) in [6.45, 7) is 8.70. The number of carbonyl (C=O) groups excluding carboxylic acids is 3. The Morgan fingerprint density at radius 1 is 0.979 bits per heavy atom. The maximum absolute atomic E-state index is 14.0. The Labute approximate surface area is 281 Å². The van der Waals surface area contributed by atoms with E-state index >= 15 is 0 Å². The molecule has 5 heterocycles. The minimum absolute atomic E-state index is 0.0566. The van der Waals surface area contributed by atoms with Crippen LogP contribution in [-0.2, 0) is 22.5 Å². The molecule has 0 aliphatic carbocycles. The lowest BCUT2D eigenvalue weighted by atomic mass is 10.00. The molecule has 4 aliphatic rings. The zero-order valence-corrected chi connectivity index (χ0v) is 27.7. The third kappa shape index (κ3) is 7.27. The van der Waals surface area contributed by atoms with Crippen LogP contribution < -0.4 is 16.0 Å². The van der Waals surface area contributed by atoms with Crippen molar-refractivity contribution in [2.45, 2.75) is 63.6 Å². The summed E-state index contributed by atoms with van der Waals surface area (Å²) in [5.74, 6) is -0.0891. The number of urea groups is 1. The van der Waals surface area contributed by atoms with Gasteiger partial charge in [-0.15, -0.1) is 5.06 Å². The van der Waals surface area contributed by atoms with Gasteiger partial charge in [-0.3, -0.25) is 14.8 Å². The van der Waals surface area contributed by atoms with Crippen molar-refractivity contribution in [2.24, 2.45) is 0 Å². The van der Waals surface area contributed by atoms with Crippen LogP contribution in [0, 0.1) is 6.92 Å². The van der Waals surface area contributed by atoms with Gasteiger partial charge in [0.15, 0.2) is 0 Å². The van der Waals surface area contributed by atoms with E-state index in [1.54, 1.807) is 11.3 Å². The van der Waals surface area contributed by atoms with Crippen molar-refractivity contribution in [2.75, 3.05) is 64.2 Å². The number of hydrogen-bond acceptors (Lipinski definition) is 8. The van der Waals surface area contributed by atoms with Crippen LogP contribution in [0.1, 0.15) is 42.4 Å². The average Bonchev–Trinajstić information content (AvgIpc) is 3.52. The van der Waals surface area contributed by atoms with E-state index < -0.39 is 12.1 Å². The Morgan fingerprint density at radius 3 is 2.54 bits per heavy atom. The van der Waals surface area contributed by atoms with Crippen molar-refractivity contribution in [3.8, 4) is 0 Å². The fourth-order valence-electron chi connectivity index (χ4n) is 7.83. The van der Waals surface area contributed by atoms with Gasteiger partial charge in [-0.05, 0) is 80.9 Å². The molecular weight excluding hydrogens is 610 g/mol. The van der Waals surface area contributed by atoms with Crippen molar-refractivity contribution in [3.63, 3.8) is 0 Å². The van der Waals surface area contributed by atoms with E-state index in [0.717, 1.165) is 78.7 Å². The normalized spacial score (nSPS) is 21.0. The topological polar surface area (TPSA) is 138 Å². The second-order valence-electron chi connectivity index (χ2n) is 13.6. The predicted octanol–water partition coefficient (Wildman–Crippen LogP) is 2.87. The summed E-state index contributed by atoms with van der Waals surface area (Å²) in [6, 6.07) is 11.8. The molecule has 1 atom stereocenters. The first-order valence-corrected chi connectivity index (χ1v) is 17.5. The highest BCUT2D eigenvalue weighted by molar-refractivity contribution is 5.91. The third-order valence-corrected chi connectivity index (χ3v) is 10.5. The van der Waals surface area contributed by atoms with Gasteiger partial charge in [0.05, 0.1) is 11.7 Å². The molecule has 2 aromatic carbocycles. The monoisotopic (exact) mass is 657 g/mol. The van der Waals surface area contributed by atoms with Gasteiger partial charge in [0.25, 0.3) is 0 Å². The van der Waals surface area contributed by atoms with Crippen molar-refractivity contribution in [1.29, 1.82) is 0 Å². The van der Waals surface area contributed by atoms with Gasteiger partial charge < -0.3 is 30.6 Å². The van der Waals surface area contributed by atoms with E-state index in [1.165, 1.54) is 0 Å². The van der Waals surface area contributed by atoms with E-state index in [0.29, 0.717) is 58.0 Å². The van der Waals surface area contributed by atoms with E-state index in [-0.39, 0.29) is 18.0 Å². The zero-order chi connectivity index (χ0) is 33.0. The number of nitrogens with zero attached hydrogens (tertiary/aromatic N) is 5. The molecule has 3 saturated heterocycles. The summed E-state index contributed by atoms with van der Waals surface area (Å²) in [5.41, 5.74) is 4.96. The molecule has 1 aromatic heterocycles. The molecule has 0 spiro atoms. The first-order valence-electron chi connectivity index (χ1n) is 17.5. The third-order valence-electron chi connectivity index (χ3n) is 10.5. The number of piperidine rings is 2. The maximum Gasteiger partial charge on any atom is 0.426 e. The molecule has 0 radical (unpaired) electrons. The smallest absolute Gasteiger partial charge is 0.351 e. The van der Waals surface area contributed by atoms with Crippen molar-refractivity contribution >= 4 is 34.6 Å². The number of hydrogen-bond donors (Lipinski definition) is 4. The zero-order valence-electron chi connectivity index (χ0n) is 27.7. The number of aryl methyl sites for hydroxylation is 1. The molecule has 4 aliphatic heterocycles. The summed E-state index contributed by atoms with van der Waals surface area (Å²) in [4.78, 5) is 52.5. The number of benzene rings is 2. The van der Waals surface area contributed by atoms with Crippen LogP contribution >= 0.6 is 0 Å². The molecule has 3 fully saturated rings.